The Bertz CT molecular complexity index is 230. The minimum absolute atomic E-state index is 0.918. The average Bonchev–Trinajstić information content (AvgIpc) is 2.39. The van der Waals surface area contributed by atoms with Crippen LogP contribution in [0.5, 0.6) is 0 Å². The Morgan fingerprint density at radius 3 is 2.47 bits per heavy atom. The summed E-state index contributed by atoms with van der Waals surface area (Å²) in [6, 6.07) is 0. The molecule has 0 aromatic heterocycles. The van der Waals surface area contributed by atoms with Crippen LogP contribution < -0.4 is 0 Å². The lowest BCUT2D eigenvalue weighted by Gasteiger charge is -2.42. The van der Waals surface area contributed by atoms with Crippen LogP contribution in [-0.2, 0) is 4.74 Å². The zero-order valence-corrected chi connectivity index (χ0v) is 11.1. The number of piperidine rings is 1. The first-order chi connectivity index (χ1) is 8.35. The van der Waals surface area contributed by atoms with E-state index < -0.39 is 0 Å². The average molecular weight is 239 g/mol. The Morgan fingerprint density at radius 2 is 1.82 bits per heavy atom. The molecule has 2 saturated heterocycles. The highest BCUT2D eigenvalue weighted by Crippen LogP contribution is 2.19. The topological polar surface area (TPSA) is 12.5 Å². The molecule has 0 bridgehead atoms. The van der Waals surface area contributed by atoms with Crippen molar-refractivity contribution in [1.29, 1.82) is 0 Å². The molecule has 0 aromatic carbocycles. The largest absolute Gasteiger partial charge is 0.379 e. The van der Waals surface area contributed by atoms with Crippen molar-refractivity contribution < 1.29 is 9.22 Å². The molecule has 2 aliphatic heterocycles. The predicted molar refractivity (Wildman–Crippen MR) is 71.0 cm³/mol. The Balaban J connectivity index is 1.81. The summed E-state index contributed by atoms with van der Waals surface area (Å²) in [5.41, 5.74) is 0. The molecule has 3 heteroatoms. The zero-order chi connectivity index (χ0) is 12.0. The van der Waals surface area contributed by atoms with Crippen LogP contribution >= 0.6 is 0 Å². The third-order valence-electron chi connectivity index (χ3n) is 4.28. The number of hydrogen-bond acceptors (Lipinski definition) is 2. The Kier molecular flexibility index (Phi) is 5.01. The molecular formula is C14H27N2O+. The van der Waals surface area contributed by atoms with Gasteiger partial charge in [0.2, 0.25) is 0 Å². The van der Waals surface area contributed by atoms with Crippen LogP contribution in [0.1, 0.15) is 19.3 Å². The van der Waals surface area contributed by atoms with Crippen molar-refractivity contribution in [2.24, 2.45) is 0 Å². The van der Waals surface area contributed by atoms with Crippen molar-refractivity contribution in [3.63, 3.8) is 0 Å². The van der Waals surface area contributed by atoms with Gasteiger partial charge in [0, 0.05) is 19.6 Å². The van der Waals surface area contributed by atoms with E-state index in [1.165, 1.54) is 49.9 Å². The molecule has 3 nitrogen and oxygen atoms in total. The van der Waals surface area contributed by atoms with Gasteiger partial charge in [0.25, 0.3) is 0 Å². The summed E-state index contributed by atoms with van der Waals surface area (Å²) in [5.74, 6) is 0. The number of quaternary nitrogens is 1. The summed E-state index contributed by atoms with van der Waals surface area (Å²) in [6.07, 6.45) is 6.34. The molecule has 0 aromatic rings. The molecule has 0 atom stereocenters. The minimum atomic E-state index is 0.918. The highest BCUT2D eigenvalue weighted by Gasteiger charge is 2.29. The monoisotopic (exact) mass is 239 g/mol. The van der Waals surface area contributed by atoms with E-state index in [2.05, 4.69) is 17.6 Å². The van der Waals surface area contributed by atoms with E-state index in [4.69, 9.17) is 4.74 Å². The van der Waals surface area contributed by atoms with Crippen molar-refractivity contribution in [2.75, 3.05) is 59.0 Å². The second-order valence-corrected chi connectivity index (χ2v) is 5.50. The zero-order valence-electron chi connectivity index (χ0n) is 11.1. The fourth-order valence-corrected chi connectivity index (χ4v) is 3.13. The Hall–Kier alpha value is -0.380. The molecule has 2 aliphatic rings. The third kappa shape index (κ3) is 3.80. The van der Waals surface area contributed by atoms with E-state index in [0.717, 1.165) is 32.8 Å². The van der Waals surface area contributed by atoms with Crippen molar-refractivity contribution in [3.05, 3.63) is 12.7 Å². The van der Waals surface area contributed by atoms with Crippen molar-refractivity contribution in [2.45, 2.75) is 19.3 Å². The molecule has 2 heterocycles. The standard InChI is InChI=1S/C14H27N2O/c1-2-9-16(10-4-3-5-11-16)12-6-15-7-13-17-14-8-15/h2H,1,3-14H2/q+1. The van der Waals surface area contributed by atoms with Gasteiger partial charge in [-0.05, 0) is 25.3 Å². The van der Waals surface area contributed by atoms with Gasteiger partial charge in [0.15, 0.2) is 0 Å². The van der Waals surface area contributed by atoms with Crippen LogP contribution in [0, 0.1) is 0 Å². The molecule has 2 rings (SSSR count). The number of morpholine rings is 1. The number of likely N-dealkylation sites (tertiary alicyclic amines) is 1. The third-order valence-corrected chi connectivity index (χ3v) is 4.28. The van der Waals surface area contributed by atoms with Gasteiger partial charge in [-0.25, -0.2) is 0 Å². The van der Waals surface area contributed by atoms with Gasteiger partial charge in [0.1, 0.15) is 0 Å². The van der Waals surface area contributed by atoms with E-state index >= 15 is 0 Å². The summed E-state index contributed by atoms with van der Waals surface area (Å²) < 4.78 is 6.68. The van der Waals surface area contributed by atoms with Crippen LogP contribution in [0.4, 0.5) is 0 Å². The van der Waals surface area contributed by atoms with Crippen LogP contribution in [0.15, 0.2) is 12.7 Å². The normalized spacial score (nSPS) is 25.6. The molecule has 17 heavy (non-hydrogen) atoms. The van der Waals surface area contributed by atoms with Crippen molar-refractivity contribution in [3.8, 4) is 0 Å². The summed E-state index contributed by atoms with van der Waals surface area (Å²) in [6.45, 7) is 14.4. The first kappa shape index (κ1) is 13.1. The second kappa shape index (κ2) is 6.53. The number of rotatable bonds is 5. The quantitative estimate of drug-likeness (QED) is 0.532. The van der Waals surface area contributed by atoms with Crippen molar-refractivity contribution >= 4 is 0 Å². The van der Waals surface area contributed by atoms with E-state index in [0.29, 0.717) is 0 Å². The number of ether oxygens (including phenoxy) is 1. The summed E-state index contributed by atoms with van der Waals surface area (Å²) >= 11 is 0. The number of hydrogen-bond donors (Lipinski definition) is 0. The number of nitrogens with zero attached hydrogens (tertiary/aromatic N) is 2. The van der Waals surface area contributed by atoms with E-state index in [1.807, 2.05) is 0 Å². The molecule has 0 unspecified atom stereocenters. The first-order valence-corrected chi connectivity index (χ1v) is 7.11. The van der Waals surface area contributed by atoms with Crippen LogP contribution in [0.2, 0.25) is 0 Å². The van der Waals surface area contributed by atoms with Gasteiger partial charge < -0.3 is 9.22 Å². The van der Waals surface area contributed by atoms with Crippen LogP contribution in [-0.4, -0.2) is 68.4 Å². The SMILES string of the molecule is C=CC[N+]1(CCN2CCOCC2)CCCCC1. The summed E-state index contributed by atoms with van der Waals surface area (Å²) in [5, 5.41) is 0. The van der Waals surface area contributed by atoms with Gasteiger partial charge in [-0.1, -0.05) is 6.58 Å². The molecular weight excluding hydrogens is 212 g/mol. The molecule has 0 amide bonds. The lowest BCUT2D eigenvalue weighted by molar-refractivity contribution is -0.926. The first-order valence-electron chi connectivity index (χ1n) is 7.11. The van der Waals surface area contributed by atoms with Gasteiger partial charge >= 0.3 is 0 Å². The van der Waals surface area contributed by atoms with E-state index in [9.17, 15) is 0 Å². The lowest BCUT2D eigenvalue weighted by atomic mass is 10.1. The van der Waals surface area contributed by atoms with Crippen LogP contribution in [0.3, 0.4) is 0 Å². The maximum atomic E-state index is 5.40. The van der Waals surface area contributed by atoms with Crippen LogP contribution in [0.25, 0.3) is 0 Å². The van der Waals surface area contributed by atoms with Gasteiger partial charge in [-0.2, -0.15) is 0 Å². The minimum Gasteiger partial charge on any atom is -0.379 e. The lowest BCUT2D eigenvalue weighted by Crippen LogP contribution is -2.55. The highest BCUT2D eigenvalue weighted by atomic mass is 16.5. The summed E-state index contributed by atoms with van der Waals surface area (Å²) in [7, 11) is 0. The molecule has 0 aliphatic carbocycles. The van der Waals surface area contributed by atoms with E-state index in [1.54, 1.807) is 0 Å². The predicted octanol–water partition coefficient (Wildman–Crippen LogP) is 1.51. The molecule has 0 radical (unpaired) electrons. The maximum Gasteiger partial charge on any atom is 0.0971 e. The smallest absolute Gasteiger partial charge is 0.0971 e. The fourth-order valence-electron chi connectivity index (χ4n) is 3.13. The Labute approximate surface area is 106 Å². The molecule has 0 spiro atoms. The molecule has 2 fully saturated rings. The van der Waals surface area contributed by atoms with Gasteiger partial charge in [-0.15, -0.1) is 0 Å². The Morgan fingerprint density at radius 1 is 1.12 bits per heavy atom. The van der Waals surface area contributed by atoms with E-state index in [-0.39, 0.29) is 0 Å². The second-order valence-electron chi connectivity index (χ2n) is 5.50. The molecule has 98 valence electrons. The molecule has 0 saturated carbocycles. The summed E-state index contributed by atoms with van der Waals surface area (Å²) in [4.78, 5) is 2.56. The van der Waals surface area contributed by atoms with Crippen molar-refractivity contribution in [1.82, 2.24) is 4.90 Å². The van der Waals surface area contributed by atoms with Gasteiger partial charge in [0.05, 0.1) is 39.4 Å². The van der Waals surface area contributed by atoms with Gasteiger partial charge in [-0.3, -0.25) is 4.90 Å². The fraction of sp³-hybridized carbons (Fsp3) is 0.857. The molecule has 0 N–H and O–H groups in total. The maximum absolute atomic E-state index is 5.40. The highest BCUT2D eigenvalue weighted by molar-refractivity contribution is 4.70.